The molecule has 0 bridgehead atoms. The standard InChI is InChI=1S/C15H14N4/c1-18-8-7-12-14(18)16-10-17-15(12)19-9-6-11-4-2-3-5-13(11)19/h2-5,7-8,10H,6,9H2,1H3. The lowest BCUT2D eigenvalue weighted by Gasteiger charge is -2.18. The van der Waals surface area contributed by atoms with Gasteiger partial charge in [0, 0.05) is 25.5 Å². The summed E-state index contributed by atoms with van der Waals surface area (Å²) < 4.78 is 2.03. The molecule has 4 nitrogen and oxygen atoms in total. The number of rotatable bonds is 1. The first-order valence-electron chi connectivity index (χ1n) is 6.46. The maximum Gasteiger partial charge on any atom is 0.145 e. The molecule has 1 aromatic carbocycles. The topological polar surface area (TPSA) is 34.0 Å². The zero-order valence-electron chi connectivity index (χ0n) is 10.7. The Morgan fingerprint density at radius 1 is 1.11 bits per heavy atom. The van der Waals surface area contributed by atoms with Gasteiger partial charge in [0.05, 0.1) is 5.39 Å². The van der Waals surface area contributed by atoms with Crippen LogP contribution in [0.15, 0.2) is 42.9 Å². The third-order valence-corrected chi connectivity index (χ3v) is 3.78. The number of para-hydroxylation sites is 1. The zero-order chi connectivity index (χ0) is 12.8. The van der Waals surface area contributed by atoms with E-state index in [1.807, 2.05) is 17.8 Å². The van der Waals surface area contributed by atoms with Crippen LogP contribution in [0.5, 0.6) is 0 Å². The van der Waals surface area contributed by atoms with Crippen molar-refractivity contribution in [2.45, 2.75) is 6.42 Å². The van der Waals surface area contributed by atoms with Gasteiger partial charge in [-0.05, 0) is 24.1 Å². The van der Waals surface area contributed by atoms with Crippen molar-refractivity contribution >= 4 is 22.5 Å². The van der Waals surface area contributed by atoms with Crippen LogP contribution in [-0.2, 0) is 13.5 Å². The van der Waals surface area contributed by atoms with Crippen molar-refractivity contribution in [3.8, 4) is 0 Å². The number of anilines is 2. The van der Waals surface area contributed by atoms with Crippen molar-refractivity contribution in [3.05, 3.63) is 48.4 Å². The van der Waals surface area contributed by atoms with Gasteiger partial charge in [0.2, 0.25) is 0 Å². The second kappa shape index (κ2) is 3.82. The van der Waals surface area contributed by atoms with Gasteiger partial charge in [0.1, 0.15) is 17.8 Å². The number of aromatic nitrogens is 3. The van der Waals surface area contributed by atoms with Gasteiger partial charge in [0.25, 0.3) is 0 Å². The number of hydrogen-bond acceptors (Lipinski definition) is 3. The highest BCUT2D eigenvalue weighted by Crippen LogP contribution is 2.36. The average molecular weight is 250 g/mol. The number of nitrogens with zero attached hydrogens (tertiary/aromatic N) is 4. The highest BCUT2D eigenvalue weighted by molar-refractivity contribution is 5.91. The minimum Gasteiger partial charge on any atom is -0.335 e. The third kappa shape index (κ3) is 1.46. The monoisotopic (exact) mass is 250 g/mol. The van der Waals surface area contributed by atoms with Crippen molar-refractivity contribution in [2.75, 3.05) is 11.4 Å². The summed E-state index contributed by atoms with van der Waals surface area (Å²) in [5, 5.41) is 1.11. The van der Waals surface area contributed by atoms with Gasteiger partial charge in [-0.15, -0.1) is 0 Å². The molecule has 1 aliphatic heterocycles. The molecule has 19 heavy (non-hydrogen) atoms. The Balaban J connectivity index is 1.93. The quantitative estimate of drug-likeness (QED) is 0.666. The second-order valence-electron chi connectivity index (χ2n) is 4.89. The van der Waals surface area contributed by atoms with Crippen LogP contribution in [0, 0.1) is 0 Å². The first-order valence-corrected chi connectivity index (χ1v) is 6.46. The predicted molar refractivity (Wildman–Crippen MR) is 75.7 cm³/mol. The molecule has 0 unspecified atom stereocenters. The fourth-order valence-electron chi connectivity index (χ4n) is 2.84. The van der Waals surface area contributed by atoms with Crippen LogP contribution >= 0.6 is 0 Å². The van der Waals surface area contributed by atoms with Gasteiger partial charge in [-0.2, -0.15) is 0 Å². The van der Waals surface area contributed by atoms with Crippen molar-refractivity contribution in [1.29, 1.82) is 0 Å². The van der Waals surface area contributed by atoms with Crippen LogP contribution in [0.2, 0.25) is 0 Å². The fourth-order valence-corrected chi connectivity index (χ4v) is 2.84. The molecule has 0 radical (unpaired) electrons. The first kappa shape index (κ1) is 10.6. The summed E-state index contributed by atoms with van der Waals surface area (Å²) in [4.78, 5) is 11.1. The fraction of sp³-hybridized carbons (Fsp3) is 0.200. The van der Waals surface area contributed by atoms with E-state index in [1.165, 1.54) is 11.3 Å². The number of hydrogen-bond donors (Lipinski definition) is 0. The lowest BCUT2D eigenvalue weighted by atomic mass is 10.2. The van der Waals surface area contributed by atoms with Crippen LogP contribution in [0.3, 0.4) is 0 Å². The summed E-state index contributed by atoms with van der Waals surface area (Å²) in [6, 6.07) is 10.6. The van der Waals surface area contributed by atoms with E-state index in [9.17, 15) is 0 Å². The lowest BCUT2D eigenvalue weighted by Crippen LogP contribution is -2.15. The molecule has 1 aliphatic rings. The smallest absolute Gasteiger partial charge is 0.145 e. The number of aryl methyl sites for hydroxylation is 1. The Labute approximate surface area is 111 Å². The van der Waals surface area contributed by atoms with Crippen LogP contribution in [0.25, 0.3) is 11.0 Å². The average Bonchev–Trinajstić information content (AvgIpc) is 3.03. The molecule has 0 aliphatic carbocycles. The van der Waals surface area contributed by atoms with Crippen molar-refractivity contribution in [3.63, 3.8) is 0 Å². The first-order chi connectivity index (χ1) is 9.34. The molecule has 0 spiro atoms. The van der Waals surface area contributed by atoms with E-state index in [0.717, 1.165) is 29.8 Å². The molecule has 3 heterocycles. The molecular weight excluding hydrogens is 236 g/mol. The Morgan fingerprint density at radius 3 is 2.95 bits per heavy atom. The van der Waals surface area contributed by atoms with E-state index in [4.69, 9.17) is 0 Å². The molecule has 0 atom stereocenters. The largest absolute Gasteiger partial charge is 0.335 e. The molecule has 3 aromatic rings. The summed E-state index contributed by atoms with van der Waals surface area (Å²) in [6.45, 7) is 0.986. The maximum atomic E-state index is 4.50. The van der Waals surface area contributed by atoms with Crippen LogP contribution in [-0.4, -0.2) is 21.1 Å². The molecule has 94 valence electrons. The summed E-state index contributed by atoms with van der Waals surface area (Å²) >= 11 is 0. The minimum absolute atomic E-state index is 0.981. The van der Waals surface area contributed by atoms with Gasteiger partial charge < -0.3 is 9.47 Å². The summed E-state index contributed by atoms with van der Waals surface area (Å²) in [6.07, 6.45) is 4.76. The van der Waals surface area contributed by atoms with E-state index >= 15 is 0 Å². The Hall–Kier alpha value is -2.36. The second-order valence-corrected chi connectivity index (χ2v) is 4.89. The van der Waals surface area contributed by atoms with Gasteiger partial charge in [-0.1, -0.05) is 18.2 Å². The molecule has 0 saturated carbocycles. The molecule has 0 fully saturated rings. The molecule has 0 N–H and O–H groups in total. The highest BCUT2D eigenvalue weighted by Gasteiger charge is 2.22. The molecular formula is C15H14N4. The van der Waals surface area contributed by atoms with Crippen molar-refractivity contribution in [1.82, 2.24) is 14.5 Å². The van der Waals surface area contributed by atoms with Crippen LogP contribution in [0.4, 0.5) is 11.5 Å². The van der Waals surface area contributed by atoms with Crippen molar-refractivity contribution < 1.29 is 0 Å². The molecule has 0 amide bonds. The van der Waals surface area contributed by atoms with E-state index in [2.05, 4.69) is 45.2 Å². The van der Waals surface area contributed by atoms with E-state index in [1.54, 1.807) is 6.33 Å². The summed E-state index contributed by atoms with van der Waals surface area (Å²) in [7, 11) is 2.01. The number of benzene rings is 1. The maximum absolute atomic E-state index is 4.50. The normalized spacial score (nSPS) is 14.1. The Bertz CT molecular complexity index is 760. The number of fused-ring (bicyclic) bond motifs is 2. The molecule has 0 saturated heterocycles. The Morgan fingerprint density at radius 2 is 2.00 bits per heavy atom. The highest BCUT2D eigenvalue weighted by atomic mass is 15.2. The summed E-state index contributed by atoms with van der Waals surface area (Å²) in [5.74, 6) is 1.01. The van der Waals surface area contributed by atoms with E-state index in [0.29, 0.717) is 0 Å². The Kier molecular flexibility index (Phi) is 2.12. The van der Waals surface area contributed by atoms with E-state index in [-0.39, 0.29) is 0 Å². The lowest BCUT2D eigenvalue weighted by molar-refractivity contribution is 0.936. The molecule has 4 rings (SSSR count). The third-order valence-electron chi connectivity index (χ3n) is 3.78. The van der Waals surface area contributed by atoms with Crippen molar-refractivity contribution in [2.24, 2.45) is 7.05 Å². The summed E-state index contributed by atoms with van der Waals surface area (Å²) in [5.41, 5.74) is 3.64. The van der Waals surface area contributed by atoms with Gasteiger partial charge in [-0.25, -0.2) is 9.97 Å². The van der Waals surface area contributed by atoms with E-state index < -0.39 is 0 Å². The zero-order valence-corrected chi connectivity index (χ0v) is 10.7. The van der Waals surface area contributed by atoms with Gasteiger partial charge in [0.15, 0.2) is 0 Å². The predicted octanol–water partition coefficient (Wildman–Crippen LogP) is 2.66. The molecule has 4 heteroatoms. The van der Waals surface area contributed by atoms with Gasteiger partial charge >= 0.3 is 0 Å². The van der Waals surface area contributed by atoms with Crippen LogP contribution < -0.4 is 4.90 Å². The SMILES string of the molecule is Cn1ccc2c(N3CCc4ccccc43)ncnc21. The van der Waals surface area contributed by atoms with Gasteiger partial charge in [-0.3, -0.25) is 0 Å². The molecule has 2 aromatic heterocycles. The minimum atomic E-state index is 0.981. The van der Waals surface area contributed by atoms with Crippen LogP contribution in [0.1, 0.15) is 5.56 Å².